The van der Waals surface area contributed by atoms with Crippen molar-refractivity contribution in [2.24, 2.45) is 10.9 Å². The van der Waals surface area contributed by atoms with Gasteiger partial charge >= 0.3 is 5.97 Å². The number of aryl methyl sites for hydroxylation is 1. The lowest BCUT2D eigenvalue weighted by Crippen LogP contribution is -2.17. The minimum atomic E-state index is -0.615. The van der Waals surface area contributed by atoms with Gasteiger partial charge in [-0.2, -0.15) is 0 Å². The summed E-state index contributed by atoms with van der Waals surface area (Å²) in [4.78, 5) is 16.2. The van der Waals surface area contributed by atoms with Gasteiger partial charge in [0.1, 0.15) is 5.75 Å². The van der Waals surface area contributed by atoms with Crippen LogP contribution in [0.1, 0.15) is 11.1 Å². The third-order valence-corrected chi connectivity index (χ3v) is 2.66. The van der Waals surface area contributed by atoms with Gasteiger partial charge in [-0.05, 0) is 24.6 Å². The number of carbonyl (C=O) groups is 1. The highest BCUT2D eigenvalue weighted by Crippen LogP contribution is 2.12. The molecule has 0 spiro atoms. The van der Waals surface area contributed by atoms with E-state index in [0.717, 1.165) is 5.56 Å². The van der Waals surface area contributed by atoms with Gasteiger partial charge < -0.3 is 15.3 Å². The van der Waals surface area contributed by atoms with Gasteiger partial charge in [-0.25, -0.2) is 4.79 Å². The largest absolute Gasteiger partial charge is 0.482 e. The van der Waals surface area contributed by atoms with E-state index in [1.807, 2.05) is 43.3 Å². The molecule has 0 heterocycles. The van der Waals surface area contributed by atoms with Gasteiger partial charge in [-0.15, -0.1) is 0 Å². The molecule has 5 nitrogen and oxygen atoms in total. The minimum Gasteiger partial charge on any atom is -0.482 e. The molecule has 0 amide bonds. The van der Waals surface area contributed by atoms with Gasteiger partial charge in [0.25, 0.3) is 0 Å². The molecule has 2 rings (SSSR count). The second-order valence-electron chi connectivity index (χ2n) is 4.41. The highest BCUT2D eigenvalue weighted by Gasteiger charge is 2.05. The zero-order valence-electron chi connectivity index (χ0n) is 11.7. The number of hydrogen-bond donors (Lipinski definition) is 1. The Balaban J connectivity index is 1.85. The first kappa shape index (κ1) is 14.6. The molecule has 0 radical (unpaired) electrons. The maximum atomic E-state index is 11.5. The molecule has 2 aromatic carbocycles. The summed E-state index contributed by atoms with van der Waals surface area (Å²) in [6.07, 6.45) is 0. The summed E-state index contributed by atoms with van der Waals surface area (Å²) >= 11 is 0. The molecule has 0 saturated carbocycles. The minimum absolute atomic E-state index is 0.138. The van der Waals surface area contributed by atoms with Crippen LogP contribution in [0.5, 0.6) is 5.75 Å². The summed E-state index contributed by atoms with van der Waals surface area (Å²) in [6.45, 7) is 1.71. The number of benzene rings is 2. The molecule has 21 heavy (non-hydrogen) atoms. The van der Waals surface area contributed by atoms with Crippen molar-refractivity contribution in [1.29, 1.82) is 0 Å². The Bertz CT molecular complexity index is 639. The molecular weight excluding hydrogens is 268 g/mol. The van der Waals surface area contributed by atoms with E-state index in [0.29, 0.717) is 11.3 Å². The maximum absolute atomic E-state index is 11.5. The van der Waals surface area contributed by atoms with Crippen LogP contribution in [0.15, 0.2) is 59.8 Å². The standard InChI is InChI=1S/C16H16N2O3/c1-12-6-5-9-14(10-12)20-11-15(19)21-18-16(17)13-7-3-2-4-8-13/h2-10H,11H2,1H3,(H2,17,18). The average Bonchev–Trinajstić information content (AvgIpc) is 2.51. The summed E-state index contributed by atoms with van der Waals surface area (Å²) < 4.78 is 5.30. The Labute approximate surface area is 123 Å². The highest BCUT2D eigenvalue weighted by molar-refractivity contribution is 5.97. The van der Waals surface area contributed by atoms with Crippen molar-refractivity contribution < 1.29 is 14.4 Å². The SMILES string of the molecule is Cc1cccc(OCC(=O)O/N=C(\N)c2ccccc2)c1. The first-order valence-electron chi connectivity index (χ1n) is 6.43. The molecule has 2 aromatic rings. The summed E-state index contributed by atoms with van der Waals surface area (Å²) in [6, 6.07) is 16.4. The van der Waals surface area contributed by atoms with Crippen LogP contribution in [-0.2, 0) is 9.63 Å². The van der Waals surface area contributed by atoms with E-state index >= 15 is 0 Å². The van der Waals surface area contributed by atoms with Crippen molar-refractivity contribution in [2.45, 2.75) is 6.92 Å². The summed E-state index contributed by atoms with van der Waals surface area (Å²) in [5.74, 6) is 0.127. The van der Waals surface area contributed by atoms with E-state index in [2.05, 4.69) is 5.16 Å². The number of rotatable bonds is 5. The number of nitrogens with two attached hydrogens (primary N) is 1. The first-order chi connectivity index (χ1) is 10.1. The van der Waals surface area contributed by atoms with Gasteiger partial charge in [-0.3, -0.25) is 0 Å². The lowest BCUT2D eigenvalue weighted by molar-refractivity contribution is -0.146. The predicted molar refractivity (Wildman–Crippen MR) is 79.9 cm³/mol. The molecule has 0 aliphatic heterocycles. The third kappa shape index (κ3) is 4.65. The van der Waals surface area contributed by atoms with Crippen LogP contribution in [-0.4, -0.2) is 18.4 Å². The lowest BCUT2D eigenvalue weighted by atomic mass is 10.2. The zero-order chi connectivity index (χ0) is 15.1. The molecule has 2 N–H and O–H groups in total. The molecule has 5 heteroatoms. The average molecular weight is 284 g/mol. The van der Waals surface area contributed by atoms with Crippen LogP contribution in [0.2, 0.25) is 0 Å². The summed E-state index contributed by atoms with van der Waals surface area (Å²) in [7, 11) is 0. The fraction of sp³-hybridized carbons (Fsp3) is 0.125. The first-order valence-corrected chi connectivity index (χ1v) is 6.43. The quantitative estimate of drug-likeness (QED) is 0.395. The van der Waals surface area contributed by atoms with E-state index in [1.165, 1.54) is 0 Å². The van der Waals surface area contributed by atoms with Gasteiger partial charge in [0, 0.05) is 5.56 Å². The van der Waals surface area contributed by atoms with Gasteiger partial charge in [0.05, 0.1) is 0 Å². The normalized spacial score (nSPS) is 11.0. The van der Waals surface area contributed by atoms with Gasteiger partial charge in [0.2, 0.25) is 0 Å². The van der Waals surface area contributed by atoms with Crippen molar-refractivity contribution in [2.75, 3.05) is 6.61 Å². The number of nitrogens with zero attached hydrogens (tertiary/aromatic N) is 1. The second kappa shape index (κ2) is 7.09. The van der Waals surface area contributed by atoms with E-state index in [1.54, 1.807) is 18.2 Å². The van der Waals surface area contributed by atoms with Crippen molar-refractivity contribution in [1.82, 2.24) is 0 Å². The Morgan fingerprint density at radius 1 is 1.14 bits per heavy atom. The summed E-state index contributed by atoms with van der Waals surface area (Å²) in [5.41, 5.74) is 7.44. The number of oxime groups is 1. The maximum Gasteiger partial charge on any atom is 0.372 e. The Kier molecular flexibility index (Phi) is 4.93. The van der Waals surface area contributed by atoms with Gasteiger partial charge in [-0.1, -0.05) is 47.6 Å². The molecule has 0 aliphatic rings. The van der Waals surface area contributed by atoms with Crippen molar-refractivity contribution in [3.05, 3.63) is 65.7 Å². The molecule has 0 aromatic heterocycles. The van der Waals surface area contributed by atoms with E-state index in [4.69, 9.17) is 15.3 Å². The monoisotopic (exact) mass is 284 g/mol. The van der Waals surface area contributed by atoms with Crippen LogP contribution in [0.4, 0.5) is 0 Å². The molecule has 108 valence electrons. The van der Waals surface area contributed by atoms with Crippen molar-refractivity contribution in [3.8, 4) is 5.75 Å². The molecule has 0 unspecified atom stereocenters. The van der Waals surface area contributed by atoms with Crippen LogP contribution < -0.4 is 10.5 Å². The van der Waals surface area contributed by atoms with Crippen LogP contribution in [0.3, 0.4) is 0 Å². The summed E-state index contributed by atoms with van der Waals surface area (Å²) in [5, 5.41) is 3.59. The molecule has 0 fully saturated rings. The molecule has 0 aliphatic carbocycles. The van der Waals surface area contributed by atoms with E-state index in [9.17, 15) is 4.79 Å². The van der Waals surface area contributed by atoms with Crippen molar-refractivity contribution >= 4 is 11.8 Å². The highest BCUT2D eigenvalue weighted by atomic mass is 16.7. The van der Waals surface area contributed by atoms with Crippen molar-refractivity contribution in [3.63, 3.8) is 0 Å². The number of carbonyl (C=O) groups excluding carboxylic acids is 1. The Hall–Kier alpha value is -2.82. The zero-order valence-corrected chi connectivity index (χ0v) is 11.7. The number of amidine groups is 1. The second-order valence-corrected chi connectivity index (χ2v) is 4.41. The topological polar surface area (TPSA) is 73.9 Å². The van der Waals surface area contributed by atoms with Gasteiger partial charge in [0.15, 0.2) is 12.4 Å². The van der Waals surface area contributed by atoms with E-state index < -0.39 is 5.97 Å². The fourth-order valence-electron chi connectivity index (χ4n) is 1.64. The number of hydrogen-bond acceptors (Lipinski definition) is 4. The molecule has 0 saturated heterocycles. The van der Waals surface area contributed by atoms with Crippen LogP contribution in [0, 0.1) is 6.92 Å². The number of ether oxygens (including phenoxy) is 1. The van der Waals surface area contributed by atoms with Crippen LogP contribution >= 0.6 is 0 Å². The lowest BCUT2D eigenvalue weighted by Gasteiger charge is -2.05. The Morgan fingerprint density at radius 2 is 1.90 bits per heavy atom. The molecular formula is C16H16N2O3. The Morgan fingerprint density at radius 3 is 2.62 bits per heavy atom. The smallest absolute Gasteiger partial charge is 0.372 e. The van der Waals surface area contributed by atoms with E-state index in [-0.39, 0.29) is 12.4 Å². The molecule has 0 atom stereocenters. The predicted octanol–water partition coefficient (Wildman–Crippen LogP) is 2.24. The fourth-order valence-corrected chi connectivity index (χ4v) is 1.64. The molecule has 0 bridgehead atoms. The van der Waals surface area contributed by atoms with Crippen LogP contribution in [0.25, 0.3) is 0 Å². The third-order valence-electron chi connectivity index (χ3n) is 2.66.